The Morgan fingerprint density at radius 1 is 1.00 bits per heavy atom. The summed E-state index contributed by atoms with van der Waals surface area (Å²) < 4.78 is 1.58. The smallest absolute Gasteiger partial charge is 0.358 e. The molecule has 0 fully saturated rings. The molecule has 23 heavy (non-hydrogen) atoms. The monoisotopic (exact) mass is 309 g/mol. The molecule has 116 valence electrons. The van der Waals surface area contributed by atoms with E-state index in [1.54, 1.807) is 11.6 Å². The molecule has 7 heteroatoms. The largest absolute Gasteiger partial charge is 0.406 e. The summed E-state index contributed by atoms with van der Waals surface area (Å²) in [6, 6.07) is 17.3. The van der Waals surface area contributed by atoms with Crippen LogP contribution in [0.25, 0.3) is 0 Å². The highest BCUT2D eigenvalue weighted by atomic mass is 16.6. The van der Waals surface area contributed by atoms with Crippen molar-refractivity contribution in [2.24, 2.45) is 7.05 Å². The second kappa shape index (κ2) is 6.18. The highest BCUT2D eigenvalue weighted by molar-refractivity contribution is 5.69. The summed E-state index contributed by atoms with van der Waals surface area (Å²) in [5, 5.41) is 17.3. The summed E-state index contributed by atoms with van der Waals surface area (Å²) in [6.45, 7) is 0. The number of nitrogens with zero attached hydrogens (tertiary/aromatic N) is 3. The normalized spacial score (nSPS) is 10.3. The molecule has 0 unspecified atom stereocenters. The molecule has 0 bridgehead atoms. The van der Waals surface area contributed by atoms with E-state index in [0.717, 1.165) is 17.1 Å². The number of benzene rings is 2. The van der Waals surface area contributed by atoms with E-state index >= 15 is 0 Å². The van der Waals surface area contributed by atoms with Gasteiger partial charge in [0.1, 0.15) is 0 Å². The lowest BCUT2D eigenvalue weighted by atomic mass is 10.2. The Morgan fingerprint density at radius 3 is 2.35 bits per heavy atom. The van der Waals surface area contributed by atoms with Crippen molar-refractivity contribution in [3.8, 4) is 0 Å². The van der Waals surface area contributed by atoms with Crippen LogP contribution in [0.4, 0.5) is 28.7 Å². The van der Waals surface area contributed by atoms with E-state index in [9.17, 15) is 10.1 Å². The van der Waals surface area contributed by atoms with Gasteiger partial charge in [0.05, 0.1) is 0 Å². The van der Waals surface area contributed by atoms with E-state index in [-0.39, 0.29) is 5.82 Å². The number of rotatable bonds is 5. The first-order chi connectivity index (χ1) is 11.1. The van der Waals surface area contributed by atoms with Gasteiger partial charge in [-0.2, -0.15) is 0 Å². The van der Waals surface area contributed by atoms with Gasteiger partial charge in [-0.3, -0.25) is 4.57 Å². The summed E-state index contributed by atoms with van der Waals surface area (Å²) in [7, 11) is 1.70. The third kappa shape index (κ3) is 3.29. The molecule has 2 aromatic carbocycles. The molecule has 0 spiro atoms. The molecule has 0 saturated carbocycles. The highest BCUT2D eigenvalue weighted by Gasteiger charge is 2.20. The highest BCUT2D eigenvalue weighted by Crippen LogP contribution is 2.27. The molecule has 0 atom stereocenters. The molecule has 0 aliphatic carbocycles. The van der Waals surface area contributed by atoms with Crippen LogP contribution in [0.15, 0.2) is 60.9 Å². The fraction of sp³-hybridized carbons (Fsp3) is 0.0625. The zero-order valence-corrected chi connectivity index (χ0v) is 12.4. The maximum Gasteiger partial charge on any atom is 0.406 e. The summed E-state index contributed by atoms with van der Waals surface area (Å²) >= 11 is 0. The molecule has 0 saturated heterocycles. The summed E-state index contributed by atoms with van der Waals surface area (Å²) in [5.74, 6) is 0.140. The number of aryl methyl sites for hydroxylation is 1. The van der Waals surface area contributed by atoms with E-state index in [0.29, 0.717) is 5.82 Å². The van der Waals surface area contributed by atoms with Crippen LogP contribution in [0.3, 0.4) is 0 Å². The number of nitrogens with one attached hydrogen (secondary N) is 2. The van der Waals surface area contributed by atoms with Crippen LogP contribution in [0.1, 0.15) is 0 Å². The molecule has 0 aliphatic heterocycles. The van der Waals surface area contributed by atoms with E-state index in [1.165, 1.54) is 6.33 Å². The van der Waals surface area contributed by atoms with Crippen molar-refractivity contribution in [3.63, 3.8) is 0 Å². The second-order valence-electron chi connectivity index (χ2n) is 4.98. The SMILES string of the molecule is Cn1cnc([N+](=O)[O-])c1Nc1cccc(Nc2ccccc2)c1. The Labute approximate surface area is 132 Å². The van der Waals surface area contributed by atoms with Gasteiger partial charge in [0.2, 0.25) is 12.1 Å². The third-order valence-electron chi connectivity index (χ3n) is 3.28. The first-order valence-corrected chi connectivity index (χ1v) is 6.98. The molecular weight excluding hydrogens is 294 g/mol. The minimum Gasteiger partial charge on any atom is -0.358 e. The van der Waals surface area contributed by atoms with Crippen LogP contribution in [0, 0.1) is 10.1 Å². The van der Waals surface area contributed by atoms with Gasteiger partial charge in [-0.15, -0.1) is 0 Å². The molecule has 0 aliphatic rings. The van der Waals surface area contributed by atoms with Crippen LogP contribution in [0.5, 0.6) is 0 Å². The van der Waals surface area contributed by atoms with Crippen LogP contribution in [-0.2, 0) is 7.05 Å². The Balaban J connectivity index is 1.83. The predicted octanol–water partition coefficient (Wildman–Crippen LogP) is 3.82. The van der Waals surface area contributed by atoms with Crippen molar-refractivity contribution in [1.82, 2.24) is 9.55 Å². The van der Waals surface area contributed by atoms with Gasteiger partial charge in [-0.25, -0.2) is 0 Å². The Bertz CT molecular complexity index is 829. The lowest BCUT2D eigenvalue weighted by Crippen LogP contribution is -2.01. The fourth-order valence-electron chi connectivity index (χ4n) is 2.20. The van der Waals surface area contributed by atoms with E-state index in [2.05, 4.69) is 15.6 Å². The second-order valence-corrected chi connectivity index (χ2v) is 4.98. The van der Waals surface area contributed by atoms with Crippen molar-refractivity contribution < 1.29 is 4.92 Å². The molecule has 0 amide bonds. The van der Waals surface area contributed by atoms with Crippen molar-refractivity contribution in [3.05, 3.63) is 71.0 Å². The number of anilines is 4. The third-order valence-corrected chi connectivity index (χ3v) is 3.28. The van der Waals surface area contributed by atoms with Crippen LogP contribution < -0.4 is 10.6 Å². The van der Waals surface area contributed by atoms with Crippen molar-refractivity contribution >= 4 is 28.7 Å². The maximum absolute atomic E-state index is 11.0. The van der Waals surface area contributed by atoms with Crippen LogP contribution in [-0.4, -0.2) is 14.5 Å². The van der Waals surface area contributed by atoms with Gasteiger partial charge >= 0.3 is 5.82 Å². The van der Waals surface area contributed by atoms with E-state index < -0.39 is 4.92 Å². The maximum atomic E-state index is 11.0. The number of nitro groups is 1. The summed E-state index contributed by atoms with van der Waals surface area (Å²) in [6.07, 6.45) is 1.41. The molecule has 2 N–H and O–H groups in total. The Hall–Kier alpha value is -3.35. The van der Waals surface area contributed by atoms with E-state index in [4.69, 9.17) is 0 Å². The van der Waals surface area contributed by atoms with Gasteiger partial charge in [0.25, 0.3) is 0 Å². The van der Waals surface area contributed by atoms with Crippen molar-refractivity contribution in [2.45, 2.75) is 0 Å². The molecule has 7 nitrogen and oxygen atoms in total. The fourth-order valence-corrected chi connectivity index (χ4v) is 2.20. The lowest BCUT2D eigenvalue weighted by molar-refractivity contribution is -0.388. The minimum atomic E-state index is -0.506. The number of aromatic nitrogens is 2. The number of imidazole rings is 1. The predicted molar refractivity (Wildman–Crippen MR) is 89.3 cm³/mol. The average Bonchev–Trinajstić information content (AvgIpc) is 2.90. The Kier molecular flexibility index (Phi) is 3.92. The van der Waals surface area contributed by atoms with Crippen molar-refractivity contribution in [2.75, 3.05) is 10.6 Å². The number of hydrogen-bond donors (Lipinski definition) is 2. The van der Waals surface area contributed by atoms with E-state index in [1.807, 2.05) is 54.6 Å². The zero-order chi connectivity index (χ0) is 16.2. The summed E-state index contributed by atoms with van der Waals surface area (Å²) in [4.78, 5) is 14.3. The number of hydrogen-bond acceptors (Lipinski definition) is 5. The van der Waals surface area contributed by atoms with Gasteiger partial charge in [0, 0.05) is 24.1 Å². The molecule has 3 aromatic rings. The zero-order valence-electron chi connectivity index (χ0n) is 12.4. The molecule has 1 heterocycles. The molecule has 0 radical (unpaired) electrons. The van der Waals surface area contributed by atoms with Gasteiger partial charge in [-0.1, -0.05) is 24.3 Å². The number of para-hydroxylation sites is 1. The van der Waals surface area contributed by atoms with Crippen LogP contribution in [0.2, 0.25) is 0 Å². The minimum absolute atomic E-state index is 0.200. The molecule has 3 rings (SSSR count). The first-order valence-electron chi connectivity index (χ1n) is 6.98. The molecule has 1 aromatic heterocycles. The topological polar surface area (TPSA) is 85.0 Å². The van der Waals surface area contributed by atoms with Crippen LogP contribution >= 0.6 is 0 Å². The Morgan fingerprint density at radius 2 is 1.65 bits per heavy atom. The van der Waals surface area contributed by atoms with Gasteiger partial charge in [0.15, 0.2) is 0 Å². The molecular formula is C16H15N5O2. The first kappa shape index (κ1) is 14.6. The summed E-state index contributed by atoms with van der Waals surface area (Å²) in [5.41, 5.74) is 2.58. The van der Waals surface area contributed by atoms with Gasteiger partial charge in [-0.05, 0) is 40.2 Å². The van der Waals surface area contributed by atoms with Crippen molar-refractivity contribution in [1.29, 1.82) is 0 Å². The van der Waals surface area contributed by atoms with Gasteiger partial charge < -0.3 is 20.7 Å². The standard InChI is InChI=1S/C16H15N5O2/c1-20-11-17-15(21(22)23)16(20)19-14-9-5-8-13(10-14)18-12-6-3-2-4-7-12/h2-11,18-19H,1H3. The lowest BCUT2D eigenvalue weighted by Gasteiger charge is -2.10. The quantitative estimate of drug-likeness (QED) is 0.553. The average molecular weight is 309 g/mol.